The molecule has 33 heavy (non-hydrogen) atoms. The number of aliphatic hydroxyl groups excluding tert-OH is 1. The second-order valence-corrected chi connectivity index (χ2v) is 10.1. The number of halogens is 1. The predicted molar refractivity (Wildman–Crippen MR) is 133 cm³/mol. The van der Waals surface area contributed by atoms with E-state index in [2.05, 4.69) is 33.7 Å². The Hall–Kier alpha value is -2.21. The minimum atomic E-state index is -1.05. The third-order valence-corrected chi connectivity index (χ3v) is 7.15. The summed E-state index contributed by atoms with van der Waals surface area (Å²) in [6.45, 7) is 2.70. The Morgan fingerprint density at radius 1 is 1.33 bits per heavy atom. The topological polar surface area (TPSA) is 100 Å². The highest BCUT2D eigenvalue weighted by Gasteiger charge is 2.42. The molecule has 9 heteroatoms. The Balaban J connectivity index is 1.30. The molecule has 2 aliphatic heterocycles. The summed E-state index contributed by atoms with van der Waals surface area (Å²) in [5.41, 5.74) is 3.48. The standard InChI is InChI=1S/C24H28IN3O5/c1-32-11-9-24(25)23(31)27-20-12-17(6-7-21(20)33-24)22(30)26-13-19(29)15-28-10-8-16-4-2-3-5-18(16)14-28/h2-7,12,19,29H,8-11,13-15H2,1H3,(H,26,30)(H,27,31)/t19-,24-/m0/s1. The van der Waals surface area contributed by atoms with Gasteiger partial charge in [0, 0.05) is 45.3 Å². The van der Waals surface area contributed by atoms with Gasteiger partial charge in [0.1, 0.15) is 5.75 Å². The van der Waals surface area contributed by atoms with Crippen molar-refractivity contribution in [3.8, 4) is 5.75 Å². The lowest BCUT2D eigenvalue weighted by Crippen LogP contribution is -2.46. The summed E-state index contributed by atoms with van der Waals surface area (Å²) in [6.07, 6.45) is 0.681. The van der Waals surface area contributed by atoms with Crippen LogP contribution in [0.1, 0.15) is 27.9 Å². The number of benzene rings is 2. The molecule has 0 radical (unpaired) electrons. The van der Waals surface area contributed by atoms with Crippen LogP contribution in [-0.2, 0) is 22.5 Å². The number of hydrogen-bond donors (Lipinski definition) is 3. The van der Waals surface area contributed by atoms with E-state index in [1.165, 1.54) is 11.1 Å². The summed E-state index contributed by atoms with van der Waals surface area (Å²) in [6, 6.07) is 13.3. The molecule has 0 fully saturated rings. The van der Waals surface area contributed by atoms with E-state index in [0.717, 1.165) is 19.5 Å². The highest BCUT2D eigenvalue weighted by Crippen LogP contribution is 2.39. The number of amides is 2. The highest BCUT2D eigenvalue weighted by atomic mass is 127. The minimum Gasteiger partial charge on any atom is -0.465 e. The van der Waals surface area contributed by atoms with Crippen LogP contribution in [0.4, 0.5) is 5.69 Å². The van der Waals surface area contributed by atoms with Gasteiger partial charge in [0.15, 0.2) is 0 Å². The number of hydrogen-bond acceptors (Lipinski definition) is 6. The van der Waals surface area contributed by atoms with Crippen LogP contribution in [0.3, 0.4) is 0 Å². The van der Waals surface area contributed by atoms with Crippen LogP contribution in [-0.4, -0.2) is 64.9 Å². The molecule has 2 aromatic carbocycles. The van der Waals surface area contributed by atoms with E-state index >= 15 is 0 Å². The summed E-state index contributed by atoms with van der Waals surface area (Å²) in [5, 5.41) is 16.1. The molecule has 0 aromatic heterocycles. The molecule has 2 aliphatic rings. The third kappa shape index (κ3) is 5.65. The van der Waals surface area contributed by atoms with Gasteiger partial charge in [-0.05, 0) is 58.3 Å². The molecule has 0 aliphatic carbocycles. The Labute approximate surface area is 206 Å². The van der Waals surface area contributed by atoms with E-state index in [0.29, 0.717) is 36.6 Å². The first-order valence-electron chi connectivity index (χ1n) is 11.0. The molecule has 2 aromatic rings. The van der Waals surface area contributed by atoms with Gasteiger partial charge in [-0.1, -0.05) is 24.3 Å². The summed E-state index contributed by atoms with van der Waals surface area (Å²) >= 11 is 1.98. The molecular weight excluding hydrogens is 537 g/mol. The lowest BCUT2D eigenvalue weighted by Gasteiger charge is -2.33. The van der Waals surface area contributed by atoms with Crippen molar-refractivity contribution in [1.29, 1.82) is 0 Å². The number of fused-ring (bicyclic) bond motifs is 2. The molecule has 8 nitrogen and oxygen atoms in total. The molecule has 2 amide bonds. The van der Waals surface area contributed by atoms with Crippen molar-refractivity contribution in [1.82, 2.24) is 10.2 Å². The van der Waals surface area contributed by atoms with Gasteiger partial charge >= 0.3 is 0 Å². The highest BCUT2D eigenvalue weighted by molar-refractivity contribution is 14.1. The lowest BCUT2D eigenvalue weighted by atomic mass is 10.00. The quantitative estimate of drug-likeness (QED) is 0.336. The van der Waals surface area contributed by atoms with Crippen molar-refractivity contribution in [2.75, 3.05) is 38.7 Å². The van der Waals surface area contributed by atoms with Gasteiger partial charge in [0.25, 0.3) is 11.8 Å². The molecule has 2 heterocycles. The summed E-state index contributed by atoms with van der Waals surface area (Å²) in [4.78, 5) is 27.3. The Morgan fingerprint density at radius 3 is 2.91 bits per heavy atom. The van der Waals surface area contributed by atoms with Gasteiger partial charge in [-0.25, -0.2) is 0 Å². The summed E-state index contributed by atoms with van der Waals surface area (Å²) in [7, 11) is 1.57. The monoisotopic (exact) mass is 565 g/mol. The molecular formula is C24H28IN3O5. The zero-order valence-corrected chi connectivity index (χ0v) is 20.6. The maximum absolute atomic E-state index is 12.6. The Bertz CT molecular complexity index is 1030. The fraction of sp³-hybridized carbons (Fsp3) is 0.417. The lowest BCUT2D eigenvalue weighted by molar-refractivity contribution is -0.125. The van der Waals surface area contributed by atoms with Gasteiger partial charge in [0.05, 0.1) is 18.4 Å². The molecule has 0 saturated heterocycles. The van der Waals surface area contributed by atoms with Crippen LogP contribution in [0.15, 0.2) is 42.5 Å². The maximum Gasteiger partial charge on any atom is 0.279 e. The van der Waals surface area contributed by atoms with Crippen molar-refractivity contribution in [3.05, 3.63) is 59.2 Å². The van der Waals surface area contributed by atoms with Crippen LogP contribution >= 0.6 is 22.6 Å². The fourth-order valence-corrected chi connectivity index (χ4v) is 4.67. The van der Waals surface area contributed by atoms with Crippen molar-refractivity contribution in [2.45, 2.75) is 29.1 Å². The SMILES string of the molecule is COCC[C@]1(I)Oc2ccc(C(=O)NC[C@H](O)CN3CCc4ccccc4C3)cc2NC1=O. The number of β-amino-alcohol motifs (C(OH)–C–C–N with tert-alkyl or cyclic N) is 1. The van der Waals surface area contributed by atoms with E-state index in [-0.39, 0.29) is 18.4 Å². The Morgan fingerprint density at radius 2 is 2.12 bits per heavy atom. The number of methoxy groups -OCH3 is 1. The van der Waals surface area contributed by atoms with Gasteiger partial charge in [0.2, 0.25) is 3.61 Å². The molecule has 176 valence electrons. The normalized spacial score (nSPS) is 20.8. The van der Waals surface area contributed by atoms with Crippen LogP contribution in [0.25, 0.3) is 0 Å². The number of anilines is 1. The smallest absolute Gasteiger partial charge is 0.279 e. The molecule has 3 N–H and O–H groups in total. The van der Waals surface area contributed by atoms with Crippen LogP contribution in [0.5, 0.6) is 5.75 Å². The van der Waals surface area contributed by atoms with Gasteiger partial charge in [-0.3, -0.25) is 14.5 Å². The summed E-state index contributed by atoms with van der Waals surface area (Å²) < 4.78 is 9.91. The van der Waals surface area contributed by atoms with Crippen LogP contribution in [0.2, 0.25) is 0 Å². The number of carbonyl (C=O) groups excluding carboxylic acids is 2. The van der Waals surface area contributed by atoms with E-state index in [1.54, 1.807) is 25.3 Å². The maximum atomic E-state index is 12.6. The number of aliphatic hydroxyl groups is 1. The molecule has 0 spiro atoms. The zero-order valence-electron chi connectivity index (χ0n) is 18.5. The third-order valence-electron chi connectivity index (χ3n) is 5.91. The number of rotatable bonds is 8. The van der Waals surface area contributed by atoms with Crippen LogP contribution in [0, 0.1) is 0 Å². The average molecular weight is 565 g/mol. The van der Waals surface area contributed by atoms with Gasteiger partial charge in [-0.2, -0.15) is 0 Å². The fourth-order valence-electron chi connectivity index (χ4n) is 4.08. The molecule has 0 bridgehead atoms. The second kappa shape index (κ2) is 10.4. The second-order valence-electron chi connectivity index (χ2n) is 8.36. The molecule has 0 saturated carbocycles. The zero-order chi connectivity index (χ0) is 23.4. The predicted octanol–water partition coefficient (Wildman–Crippen LogP) is 2.33. The van der Waals surface area contributed by atoms with Gasteiger partial charge < -0.3 is 25.2 Å². The largest absolute Gasteiger partial charge is 0.465 e. The number of nitrogens with one attached hydrogen (secondary N) is 2. The number of alkyl halides is 1. The molecule has 0 unspecified atom stereocenters. The first-order chi connectivity index (χ1) is 15.9. The first-order valence-corrected chi connectivity index (χ1v) is 12.0. The van der Waals surface area contributed by atoms with E-state index in [9.17, 15) is 14.7 Å². The average Bonchev–Trinajstić information content (AvgIpc) is 2.81. The Kier molecular flexibility index (Phi) is 7.52. The van der Waals surface area contributed by atoms with Crippen molar-refractivity contribution < 1.29 is 24.2 Å². The van der Waals surface area contributed by atoms with Crippen molar-refractivity contribution in [3.63, 3.8) is 0 Å². The number of carbonyl (C=O) groups is 2. The summed E-state index contributed by atoms with van der Waals surface area (Å²) in [5.74, 6) is -0.105. The molecule has 2 atom stereocenters. The van der Waals surface area contributed by atoms with Crippen molar-refractivity contribution >= 4 is 40.1 Å². The van der Waals surface area contributed by atoms with E-state index in [4.69, 9.17) is 9.47 Å². The number of nitrogens with zero attached hydrogens (tertiary/aromatic N) is 1. The van der Waals surface area contributed by atoms with E-state index in [1.807, 2.05) is 28.7 Å². The number of ether oxygens (including phenoxy) is 2. The van der Waals surface area contributed by atoms with Crippen molar-refractivity contribution in [2.24, 2.45) is 0 Å². The van der Waals surface area contributed by atoms with Gasteiger partial charge in [-0.15, -0.1) is 0 Å². The first kappa shape index (κ1) is 23.9. The molecule has 4 rings (SSSR count). The van der Waals surface area contributed by atoms with Crippen LogP contribution < -0.4 is 15.4 Å². The minimum absolute atomic E-state index is 0.144. The van der Waals surface area contributed by atoms with E-state index < -0.39 is 9.71 Å².